The van der Waals surface area contributed by atoms with Gasteiger partial charge in [0, 0.05) is 13.1 Å². The van der Waals surface area contributed by atoms with Gasteiger partial charge in [0.25, 0.3) is 0 Å². The summed E-state index contributed by atoms with van der Waals surface area (Å²) in [4.78, 5) is 12.2. The van der Waals surface area contributed by atoms with Crippen LogP contribution in [0.2, 0.25) is 0 Å². The van der Waals surface area contributed by atoms with Crippen LogP contribution in [-0.4, -0.2) is 23.9 Å². The summed E-state index contributed by atoms with van der Waals surface area (Å²) >= 11 is 4.25. The number of nitrogens with zero attached hydrogens (tertiary/aromatic N) is 1. The summed E-state index contributed by atoms with van der Waals surface area (Å²) in [7, 11) is 0. The Balaban J connectivity index is 0.000000371. The van der Waals surface area contributed by atoms with Gasteiger partial charge in [0.15, 0.2) is 0 Å². The van der Waals surface area contributed by atoms with Crippen molar-refractivity contribution in [1.29, 1.82) is 0 Å². The molecule has 1 fully saturated rings. The van der Waals surface area contributed by atoms with Crippen molar-refractivity contribution in [3.05, 3.63) is 6.92 Å². The molecule has 0 aliphatic carbocycles. The van der Waals surface area contributed by atoms with Gasteiger partial charge in [-0.2, -0.15) is 0 Å². The molecular formula is C6H10BrNOZn. The van der Waals surface area contributed by atoms with Crippen molar-refractivity contribution in [2.45, 2.75) is 12.8 Å². The molecule has 0 atom stereocenters. The van der Waals surface area contributed by atoms with Gasteiger partial charge in [-0.05, 0) is 12.8 Å². The molecule has 0 spiro atoms. The third kappa shape index (κ3) is 3.57. The van der Waals surface area contributed by atoms with Crippen molar-refractivity contribution in [2.24, 2.45) is 0 Å². The molecule has 0 unspecified atom stereocenters. The summed E-state index contributed by atoms with van der Waals surface area (Å²) in [6.45, 7) is 5.15. The van der Waals surface area contributed by atoms with Crippen molar-refractivity contribution < 1.29 is 21.1 Å². The first-order valence-electron chi connectivity index (χ1n) is 3.18. The Labute approximate surface area is 78.4 Å². The van der Waals surface area contributed by atoms with Crippen LogP contribution in [0.1, 0.15) is 12.8 Å². The minimum atomic E-state index is -0.0255. The van der Waals surface area contributed by atoms with E-state index in [9.17, 15) is 4.79 Å². The van der Waals surface area contributed by atoms with Crippen LogP contribution in [0.3, 0.4) is 0 Å². The van der Waals surface area contributed by atoms with Gasteiger partial charge in [0.05, 0.1) is 5.91 Å². The molecule has 2 nitrogen and oxygen atoms in total. The Bertz CT molecular complexity index is 104. The monoisotopic (exact) mass is 255 g/mol. The van der Waals surface area contributed by atoms with Crippen molar-refractivity contribution in [3.63, 3.8) is 0 Å². The van der Waals surface area contributed by atoms with Gasteiger partial charge in [-0.1, -0.05) is 0 Å². The topological polar surface area (TPSA) is 20.3 Å². The van der Waals surface area contributed by atoms with Crippen LogP contribution in [-0.2, 0) is 21.1 Å². The number of rotatable bonds is 0. The summed E-state index contributed by atoms with van der Waals surface area (Å²) in [5, 5.41) is 0. The predicted molar refractivity (Wildman–Crippen MR) is 40.1 cm³/mol. The van der Waals surface area contributed by atoms with Gasteiger partial charge in [-0.15, -0.1) is 0 Å². The first-order chi connectivity index (χ1) is 4.80. The summed E-state index contributed by atoms with van der Waals surface area (Å²) in [6.07, 6.45) is 2.31. The molecule has 0 aromatic rings. The van der Waals surface area contributed by atoms with Crippen molar-refractivity contribution >= 4 is 19.5 Å². The average molecular weight is 257 g/mol. The molecule has 54 valence electrons. The molecule has 1 saturated heterocycles. The number of carbonyl (C=O) groups excluding carboxylic acids is 1. The zero-order chi connectivity index (χ0) is 7.98. The first kappa shape index (κ1) is 10.4. The van der Waals surface area contributed by atoms with E-state index in [0.29, 0.717) is 0 Å². The van der Waals surface area contributed by atoms with Gasteiger partial charge >= 0.3 is 30.0 Å². The van der Waals surface area contributed by atoms with Gasteiger partial charge in [-0.25, -0.2) is 0 Å². The minimum absolute atomic E-state index is 0.0255. The fourth-order valence-corrected chi connectivity index (χ4v) is 0.967. The Morgan fingerprint density at radius 3 is 2.00 bits per heavy atom. The standard InChI is InChI=1S/C6H10NO.BrH.Zn/c1-6(8)7-4-2-3-5-7;;/h1-5H2;1H;/q-1;;+2/p-1. The number of carbonyl (C=O) groups is 1. The molecule has 0 radical (unpaired) electrons. The van der Waals surface area contributed by atoms with E-state index in [-0.39, 0.29) is 5.91 Å². The SMILES string of the molecule is [CH2-]C(=O)N1CCCC1.[Zn+][Br]. The van der Waals surface area contributed by atoms with E-state index in [1.807, 2.05) is 0 Å². The molecule has 1 amide bonds. The molecule has 10 heavy (non-hydrogen) atoms. The van der Waals surface area contributed by atoms with E-state index in [0.717, 1.165) is 25.9 Å². The van der Waals surface area contributed by atoms with Crippen LogP contribution >= 0.6 is 13.6 Å². The van der Waals surface area contributed by atoms with E-state index < -0.39 is 0 Å². The first-order valence-corrected chi connectivity index (χ1v) is 10.1. The Morgan fingerprint density at radius 1 is 1.40 bits per heavy atom. The number of hydrogen-bond donors (Lipinski definition) is 0. The van der Waals surface area contributed by atoms with Crippen LogP contribution < -0.4 is 0 Å². The number of likely N-dealkylation sites (tertiary alicyclic amines) is 1. The second-order valence-corrected chi connectivity index (χ2v) is 2.09. The van der Waals surface area contributed by atoms with E-state index in [1.54, 1.807) is 4.90 Å². The third-order valence-electron chi connectivity index (χ3n) is 1.46. The van der Waals surface area contributed by atoms with Gasteiger partial charge < -0.3 is 16.6 Å². The normalized spacial score (nSPS) is 16.1. The summed E-state index contributed by atoms with van der Waals surface area (Å²) in [5.74, 6) is -0.0255. The molecule has 0 N–H and O–H groups in total. The maximum absolute atomic E-state index is 10.5. The molecular weight excluding hydrogens is 247 g/mol. The molecule has 1 heterocycles. The third-order valence-corrected chi connectivity index (χ3v) is 1.46. The molecule has 4 heteroatoms. The van der Waals surface area contributed by atoms with E-state index in [2.05, 4.69) is 20.5 Å². The van der Waals surface area contributed by atoms with Crippen molar-refractivity contribution in [2.75, 3.05) is 13.1 Å². The fourth-order valence-electron chi connectivity index (χ4n) is 0.967. The molecule has 1 aliphatic rings. The van der Waals surface area contributed by atoms with Crippen molar-refractivity contribution in [3.8, 4) is 0 Å². The number of amides is 1. The summed E-state index contributed by atoms with van der Waals surface area (Å²) in [6, 6.07) is 0. The second kappa shape index (κ2) is 6.17. The van der Waals surface area contributed by atoms with Crippen molar-refractivity contribution in [1.82, 2.24) is 4.90 Å². The average Bonchev–Trinajstić information content (AvgIpc) is 2.42. The van der Waals surface area contributed by atoms with Crippen LogP contribution in [0, 0.1) is 6.92 Å². The maximum atomic E-state index is 10.5. The second-order valence-electron chi connectivity index (χ2n) is 2.09. The van der Waals surface area contributed by atoms with Crippen LogP contribution in [0.15, 0.2) is 0 Å². The molecule has 0 bridgehead atoms. The molecule has 0 aromatic heterocycles. The molecule has 0 saturated carbocycles. The predicted octanol–water partition coefficient (Wildman–Crippen LogP) is 1.29. The van der Waals surface area contributed by atoms with Gasteiger partial charge in [0.1, 0.15) is 0 Å². The number of hydrogen-bond acceptors (Lipinski definition) is 1. The van der Waals surface area contributed by atoms with Gasteiger partial charge in [-0.3, -0.25) is 0 Å². The summed E-state index contributed by atoms with van der Waals surface area (Å²) in [5.41, 5.74) is 0. The number of halogens is 1. The zero-order valence-corrected chi connectivity index (χ0v) is 10.5. The van der Waals surface area contributed by atoms with E-state index in [1.165, 1.54) is 16.3 Å². The van der Waals surface area contributed by atoms with Gasteiger partial charge in [0.2, 0.25) is 0 Å². The van der Waals surface area contributed by atoms with Crippen LogP contribution in [0.25, 0.3) is 0 Å². The zero-order valence-electron chi connectivity index (χ0n) is 5.98. The Hall–Kier alpha value is 0.443. The Morgan fingerprint density at radius 2 is 1.80 bits per heavy atom. The molecule has 0 aromatic carbocycles. The molecule has 1 aliphatic heterocycles. The summed E-state index contributed by atoms with van der Waals surface area (Å²) < 4.78 is 0. The quantitative estimate of drug-likeness (QED) is 0.473. The van der Waals surface area contributed by atoms with E-state index in [4.69, 9.17) is 0 Å². The fraction of sp³-hybridized carbons (Fsp3) is 0.667. The van der Waals surface area contributed by atoms with Crippen LogP contribution in [0.5, 0.6) is 0 Å². The van der Waals surface area contributed by atoms with Crippen LogP contribution in [0.4, 0.5) is 0 Å². The van der Waals surface area contributed by atoms with E-state index >= 15 is 0 Å². The molecule has 1 rings (SSSR count). The Kier molecular flexibility index (Phi) is 6.45.